The number of hydrogen-bond acceptors (Lipinski definition) is 0. The normalized spacial score (nSPS) is 11.0. The molecule has 1 heterocycles. The third kappa shape index (κ3) is 2.86. The quantitative estimate of drug-likeness (QED) is 0.382. The van der Waals surface area contributed by atoms with E-state index < -0.39 is 0 Å². The van der Waals surface area contributed by atoms with Crippen molar-refractivity contribution in [3.63, 3.8) is 0 Å². The van der Waals surface area contributed by atoms with Crippen LogP contribution in [0.5, 0.6) is 0 Å². The topological polar surface area (TPSA) is 0 Å². The van der Waals surface area contributed by atoms with Gasteiger partial charge in [-0.15, -0.1) is 0 Å². The van der Waals surface area contributed by atoms with E-state index in [1.807, 2.05) is 0 Å². The lowest BCUT2D eigenvalue weighted by atomic mass is 10.0. The van der Waals surface area contributed by atoms with Crippen LogP contribution in [0.25, 0.3) is 32.8 Å². The maximum absolute atomic E-state index is 2.34. The summed E-state index contributed by atoms with van der Waals surface area (Å²) in [7, 11) is 1.28. The Morgan fingerprint density at radius 3 is 1.52 bits per heavy atom. The van der Waals surface area contributed by atoms with E-state index in [9.17, 15) is 0 Å². The molecule has 0 nitrogen and oxygen atoms in total. The fourth-order valence-corrected chi connectivity index (χ4v) is 4.13. The molecule has 0 saturated heterocycles. The van der Waals surface area contributed by atoms with Crippen LogP contribution in [0.2, 0.25) is 0 Å². The maximum atomic E-state index is 2.34. The van der Waals surface area contributed by atoms with E-state index >= 15 is 0 Å². The molecule has 0 bridgehead atoms. The van der Waals surface area contributed by atoms with Crippen molar-refractivity contribution in [1.29, 1.82) is 0 Å². The highest BCUT2D eigenvalue weighted by molar-refractivity contribution is 7.38. The molecule has 4 rings (SSSR count). The predicted octanol–water partition coefficient (Wildman–Crippen LogP) is 6.99. The van der Waals surface area contributed by atoms with E-state index in [0.29, 0.717) is 0 Å². The summed E-state index contributed by atoms with van der Waals surface area (Å²) in [5.41, 5.74) is 5.21. The fraction of sp³-hybridized carbons (Fsp3) is 0. The Morgan fingerprint density at radius 2 is 0.957 bits per heavy atom. The first-order chi connectivity index (χ1) is 11.4. The van der Waals surface area contributed by atoms with Gasteiger partial charge in [0.15, 0.2) is 0 Å². The third-order valence-electron chi connectivity index (χ3n) is 3.97. The van der Waals surface area contributed by atoms with Crippen molar-refractivity contribution in [3.8, 4) is 32.8 Å². The van der Waals surface area contributed by atoms with Gasteiger partial charge in [0.25, 0.3) is 0 Å². The molecule has 3 aromatic carbocycles. The molecule has 0 unspecified atom stereocenters. The van der Waals surface area contributed by atoms with Crippen LogP contribution in [0.3, 0.4) is 0 Å². The van der Waals surface area contributed by atoms with Gasteiger partial charge in [-0.2, -0.15) is 10.6 Å². The molecule has 23 heavy (non-hydrogen) atoms. The minimum Gasteiger partial charge on any atom is -0.514 e. The summed E-state index contributed by atoms with van der Waals surface area (Å²) in [4.78, 5) is 0. The van der Waals surface area contributed by atoms with Crippen molar-refractivity contribution < 1.29 is 0 Å². The van der Waals surface area contributed by atoms with Crippen molar-refractivity contribution in [2.45, 2.75) is 0 Å². The zero-order chi connectivity index (χ0) is 15.5. The lowest BCUT2D eigenvalue weighted by Crippen LogP contribution is -1.77. The fourth-order valence-electron chi connectivity index (χ4n) is 2.83. The van der Waals surface area contributed by atoms with Crippen LogP contribution in [-0.4, -0.2) is 0 Å². The molecule has 0 aliphatic rings. The average molecular weight is 311 g/mol. The molecular formula is C22H16P-. The molecule has 0 radical (unpaired) electrons. The summed E-state index contributed by atoms with van der Waals surface area (Å²) in [5, 5.41) is 2.75. The van der Waals surface area contributed by atoms with E-state index in [1.165, 1.54) is 41.0 Å². The lowest BCUT2D eigenvalue weighted by Gasteiger charge is -2.13. The SMILES string of the molecule is c1ccc(-c2cc(-c3ccccc3)c(-c3ccccc3)[p-]2)cc1. The number of benzene rings is 3. The summed E-state index contributed by atoms with van der Waals surface area (Å²) >= 11 is 0. The maximum Gasteiger partial charge on any atom is -0.0205 e. The van der Waals surface area contributed by atoms with Gasteiger partial charge in [0.2, 0.25) is 0 Å². The van der Waals surface area contributed by atoms with E-state index in [1.54, 1.807) is 0 Å². The molecule has 0 aliphatic carbocycles. The van der Waals surface area contributed by atoms with E-state index in [0.717, 1.165) is 0 Å². The van der Waals surface area contributed by atoms with Gasteiger partial charge in [0.1, 0.15) is 0 Å². The predicted molar refractivity (Wildman–Crippen MR) is 101 cm³/mol. The highest BCUT2D eigenvalue weighted by Crippen LogP contribution is 2.46. The van der Waals surface area contributed by atoms with Crippen LogP contribution >= 0.6 is 8.19 Å². The number of hydrogen-bond donors (Lipinski definition) is 0. The Balaban J connectivity index is 1.91. The van der Waals surface area contributed by atoms with Gasteiger partial charge in [-0.3, -0.25) is 0 Å². The van der Waals surface area contributed by atoms with Crippen LogP contribution in [0.4, 0.5) is 0 Å². The molecular weight excluding hydrogens is 295 g/mol. The Kier molecular flexibility index (Phi) is 3.84. The Labute approximate surface area is 138 Å². The Hall–Kier alpha value is -2.56. The first-order valence-corrected chi connectivity index (χ1v) is 8.65. The third-order valence-corrected chi connectivity index (χ3v) is 5.32. The largest absolute Gasteiger partial charge is 0.514 e. The summed E-state index contributed by atoms with van der Waals surface area (Å²) in [6.07, 6.45) is 0. The van der Waals surface area contributed by atoms with Gasteiger partial charge >= 0.3 is 0 Å². The zero-order valence-electron chi connectivity index (χ0n) is 12.7. The van der Waals surface area contributed by atoms with Crippen LogP contribution in [0.1, 0.15) is 0 Å². The van der Waals surface area contributed by atoms with Crippen molar-refractivity contribution in [2.75, 3.05) is 0 Å². The smallest absolute Gasteiger partial charge is 0.0205 e. The molecule has 1 heteroatoms. The van der Waals surface area contributed by atoms with Gasteiger partial charge in [0.05, 0.1) is 0 Å². The van der Waals surface area contributed by atoms with Gasteiger partial charge in [-0.1, -0.05) is 97.1 Å². The molecule has 0 atom stereocenters. The summed E-state index contributed by atoms with van der Waals surface area (Å²) < 4.78 is 0. The molecule has 110 valence electrons. The van der Waals surface area contributed by atoms with Gasteiger partial charge < -0.3 is 8.19 Å². The van der Waals surface area contributed by atoms with Crippen LogP contribution < -0.4 is 0 Å². The van der Waals surface area contributed by atoms with Crippen molar-refractivity contribution in [1.82, 2.24) is 0 Å². The summed E-state index contributed by atoms with van der Waals surface area (Å²) in [5.74, 6) is 0. The second-order valence-electron chi connectivity index (χ2n) is 5.50. The van der Waals surface area contributed by atoms with Gasteiger partial charge in [-0.25, -0.2) is 0 Å². The molecule has 0 N–H and O–H groups in total. The molecule has 0 aliphatic heterocycles. The molecule has 0 amide bonds. The second kappa shape index (κ2) is 6.28. The molecule has 0 fully saturated rings. The second-order valence-corrected chi connectivity index (χ2v) is 6.65. The molecule has 0 spiro atoms. The van der Waals surface area contributed by atoms with Gasteiger partial charge in [0, 0.05) is 0 Å². The van der Waals surface area contributed by atoms with E-state index in [4.69, 9.17) is 0 Å². The van der Waals surface area contributed by atoms with Crippen LogP contribution in [0, 0.1) is 0 Å². The minimum atomic E-state index is 1.28. The standard InChI is InChI=1S/C22H16P/c1-4-10-17(11-5-1)20-16-21(18-12-6-2-7-13-18)23-22(20)19-14-8-3-9-15-19/h1-16H/q-1. The van der Waals surface area contributed by atoms with Crippen LogP contribution in [0.15, 0.2) is 97.1 Å². The zero-order valence-corrected chi connectivity index (χ0v) is 13.6. The average Bonchev–Trinajstić information content (AvgIpc) is 3.09. The first kappa shape index (κ1) is 14.1. The highest BCUT2D eigenvalue weighted by Gasteiger charge is 2.04. The van der Waals surface area contributed by atoms with Crippen molar-refractivity contribution in [2.24, 2.45) is 0 Å². The molecule has 1 aromatic heterocycles. The molecule has 4 aromatic rings. The van der Waals surface area contributed by atoms with Gasteiger partial charge in [-0.05, 0) is 22.3 Å². The lowest BCUT2D eigenvalue weighted by molar-refractivity contribution is 1.64. The van der Waals surface area contributed by atoms with Crippen LogP contribution in [-0.2, 0) is 0 Å². The monoisotopic (exact) mass is 311 g/mol. The minimum absolute atomic E-state index is 1.28. The highest BCUT2D eigenvalue weighted by atomic mass is 31.0. The van der Waals surface area contributed by atoms with E-state index in [2.05, 4.69) is 97.1 Å². The Bertz CT molecular complexity index is 834. The summed E-state index contributed by atoms with van der Waals surface area (Å²) in [6, 6.07) is 34.4. The van der Waals surface area contributed by atoms with Crippen molar-refractivity contribution in [3.05, 3.63) is 97.1 Å². The first-order valence-electron chi connectivity index (χ1n) is 7.76. The molecule has 0 saturated carbocycles. The van der Waals surface area contributed by atoms with Crippen molar-refractivity contribution >= 4 is 8.19 Å². The van der Waals surface area contributed by atoms with E-state index in [-0.39, 0.29) is 0 Å². The Morgan fingerprint density at radius 1 is 0.478 bits per heavy atom. The number of rotatable bonds is 3. The summed E-state index contributed by atoms with van der Waals surface area (Å²) in [6.45, 7) is 0.